The van der Waals surface area contributed by atoms with Crippen LogP contribution in [0.4, 0.5) is 0 Å². The van der Waals surface area contributed by atoms with E-state index in [9.17, 15) is 4.79 Å². The van der Waals surface area contributed by atoms with E-state index in [1.54, 1.807) is 0 Å². The van der Waals surface area contributed by atoms with Gasteiger partial charge in [-0.15, -0.1) is 0 Å². The average Bonchev–Trinajstić information content (AvgIpc) is 2.34. The van der Waals surface area contributed by atoms with Gasteiger partial charge in [0.15, 0.2) is 0 Å². The first-order valence-electron chi connectivity index (χ1n) is 3.14. The molecule has 0 aromatic rings. The van der Waals surface area contributed by atoms with Gasteiger partial charge in [-0.1, -0.05) is 6.08 Å². The second-order valence-electron chi connectivity index (χ2n) is 2.06. The Labute approximate surface area is 64.6 Å². The highest BCUT2D eigenvalue weighted by molar-refractivity contribution is 6.64. The number of hydrazine groups is 1. The Hall–Kier alpha value is -0.540. The molecular weight excluding hydrogens is 152 g/mol. The van der Waals surface area contributed by atoms with E-state index in [4.69, 9.17) is 11.6 Å². The number of carbonyl (C=O) groups is 1. The summed E-state index contributed by atoms with van der Waals surface area (Å²) < 4.78 is 0. The highest BCUT2D eigenvalue weighted by atomic mass is 35.5. The third-order valence-corrected chi connectivity index (χ3v) is 1.38. The van der Waals surface area contributed by atoms with Crippen molar-refractivity contribution in [3.8, 4) is 0 Å². The summed E-state index contributed by atoms with van der Waals surface area (Å²) in [6, 6.07) is 0. The molecule has 56 valence electrons. The Kier molecular flexibility index (Phi) is 2.71. The molecule has 0 aromatic heterocycles. The number of nitrogens with one attached hydrogen (secondary N) is 1. The minimum absolute atomic E-state index is 0.200. The van der Waals surface area contributed by atoms with Crippen LogP contribution < -0.4 is 5.43 Å². The van der Waals surface area contributed by atoms with E-state index in [0.717, 1.165) is 13.0 Å². The summed E-state index contributed by atoms with van der Waals surface area (Å²) in [4.78, 5) is 10.3. The van der Waals surface area contributed by atoms with Gasteiger partial charge < -0.3 is 5.01 Å². The van der Waals surface area contributed by atoms with Gasteiger partial charge >= 0.3 is 0 Å². The van der Waals surface area contributed by atoms with E-state index in [2.05, 4.69) is 5.43 Å². The van der Waals surface area contributed by atoms with Crippen LogP contribution in [0.15, 0.2) is 12.3 Å². The van der Waals surface area contributed by atoms with Crippen molar-refractivity contribution in [1.82, 2.24) is 10.4 Å². The standard InChI is InChI=1S/C6H9ClN2O/c7-6(10)5-8-9-3-1-2-4-9/h1,3,8H,2,4-5H2. The van der Waals surface area contributed by atoms with Gasteiger partial charge in [0.2, 0.25) is 5.24 Å². The molecule has 0 aliphatic carbocycles. The fraction of sp³-hybridized carbons (Fsp3) is 0.500. The Balaban J connectivity index is 2.13. The van der Waals surface area contributed by atoms with Gasteiger partial charge in [-0.05, 0) is 18.0 Å². The van der Waals surface area contributed by atoms with Crippen molar-refractivity contribution in [3.05, 3.63) is 12.3 Å². The van der Waals surface area contributed by atoms with Crippen molar-refractivity contribution in [3.63, 3.8) is 0 Å². The second kappa shape index (κ2) is 3.58. The van der Waals surface area contributed by atoms with Crippen LogP contribution in [0.25, 0.3) is 0 Å². The third-order valence-electron chi connectivity index (χ3n) is 1.24. The average molecular weight is 161 g/mol. The number of carbonyl (C=O) groups excluding carboxylic acids is 1. The molecule has 1 heterocycles. The lowest BCUT2D eigenvalue weighted by Gasteiger charge is -2.14. The third kappa shape index (κ3) is 2.37. The Morgan fingerprint density at radius 2 is 2.60 bits per heavy atom. The van der Waals surface area contributed by atoms with Crippen molar-refractivity contribution in [2.24, 2.45) is 0 Å². The van der Waals surface area contributed by atoms with Crippen LogP contribution in [0.3, 0.4) is 0 Å². The van der Waals surface area contributed by atoms with E-state index in [1.807, 2.05) is 17.3 Å². The van der Waals surface area contributed by atoms with Crippen LogP contribution in [-0.2, 0) is 4.79 Å². The van der Waals surface area contributed by atoms with E-state index in [0.29, 0.717) is 0 Å². The molecule has 0 bridgehead atoms. The summed E-state index contributed by atoms with van der Waals surface area (Å²) in [5.41, 5.74) is 2.85. The first-order valence-corrected chi connectivity index (χ1v) is 3.52. The van der Waals surface area contributed by atoms with Crippen molar-refractivity contribution in [1.29, 1.82) is 0 Å². The molecule has 4 heteroatoms. The summed E-state index contributed by atoms with van der Waals surface area (Å²) in [6.07, 6.45) is 4.97. The molecule has 10 heavy (non-hydrogen) atoms. The molecular formula is C6H9ClN2O. The maximum atomic E-state index is 10.3. The van der Waals surface area contributed by atoms with Gasteiger partial charge in [-0.2, -0.15) is 0 Å². The van der Waals surface area contributed by atoms with Gasteiger partial charge in [-0.25, -0.2) is 5.43 Å². The fourth-order valence-electron chi connectivity index (χ4n) is 0.785. The van der Waals surface area contributed by atoms with Crippen LogP contribution in [-0.4, -0.2) is 23.3 Å². The largest absolute Gasteiger partial charge is 0.315 e. The van der Waals surface area contributed by atoms with E-state index >= 15 is 0 Å². The first-order chi connectivity index (χ1) is 4.79. The summed E-state index contributed by atoms with van der Waals surface area (Å²) in [5, 5.41) is 1.49. The van der Waals surface area contributed by atoms with Crippen molar-refractivity contribution in [2.45, 2.75) is 6.42 Å². The zero-order valence-electron chi connectivity index (χ0n) is 5.51. The maximum absolute atomic E-state index is 10.3. The predicted octanol–water partition coefficient (Wildman–Crippen LogP) is 0.476. The summed E-state index contributed by atoms with van der Waals surface area (Å²) in [6.45, 7) is 1.12. The molecule has 0 spiro atoms. The molecule has 0 radical (unpaired) electrons. The molecule has 0 aromatic carbocycles. The van der Waals surface area contributed by atoms with Gasteiger partial charge in [-0.3, -0.25) is 4.79 Å². The molecule has 1 N–H and O–H groups in total. The Morgan fingerprint density at radius 3 is 3.10 bits per heavy atom. The zero-order valence-corrected chi connectivity index (χ0v) is 6.27. The minimum Gasteiger partial charge on any atom is -0.315 e. The van der Waals surface area contributed by atoms with Crippen LogP contribution in [0.5, 0.6) is 0 Å². The molecule has 0 saturated carbocycles. The normalized spacial score (nSPS) is 16.3. The molecule has 1 rings (SSSR count). The predicted molar refractivity (Wildman–Crippen MR) is 39.3 cm³/mol. The lowest BCUT2D eigenvalue weighted by molar-refractivity contribution is -0.111. The molecule has 0 amide bonds. The molecule has 0 fully saturated rings. The Bertz CT molecular complexity index is 158. The van der Waals surface area contributed by atoms with Gasteiger partial charge in [0.05, 0.1) is 6.54 Å². The lowest BCUT2D eigenvalue weighted by atomic mass is 10.5. The number of hydrogen-bond acceptors (Lipinski definition) is 3. The van der Waals surface area contributed by atoms with Crippen LogP contribution in [0.2, 0.25) is 0 Å². The monoisotopic (exact) mass is 160 g/mol. The van der Waals surface area contributed by atoms with E-state index < -0.39 is 0 Å². The van der Waals surface area contributed by atoms with Crippen LogP contribution >= 0.6 is 11.6 Å². The fourth-order valence-corrected chi connectivity index (χ4v) is 0.845. The highest BCUT2D eigenvalue weighted by Gasteiger charge is 2.03. The number of nitrogens with zero attached hydrogens (tertiary/aromatic N) is 1. The summed E-state index contributed by atoms with van der Waals surface area (Å²) in [5.74, 6) is 0. The number of hydrogen-bond donors (Lipinski definition) is 1. The van der Waals surface area contributed by atoms with Gasteiger partial charge in [0.1, 0.15) is 0 Å². The highest BCUT2D eigenvalue weighted by Crippen LogP contribution is 1.98. The van der Waals surface area contributed by atoms with E-state index in [-0.39, 0.29) is 11.8 Å². The lowest BCUT2D eigenvalue weighted by Crippen LogP contribution is -2.34. The topological polar surface area (TPSA) is 32.3 Å². The quantitative estimate of drug-likeness (QED) is 0.610. The van der Waals surface area contributed by atoms with Crippen molar-refractivity contribution >= 4 is 16.8 Å². The van der Waals surface area contributed by atoms with Crippen molar-refractivity contribution < 1.29 is 4.79 Å². The second-order valence-corrected chi connectivity index (χ2v) is 2.48. The molecule has 0 saturated heterocycles. The Morgan fingerprint density at radius 1 is 1.80 bits per heavy atom. The van der Waals surface area contributed by atoms with Crippen LogP contribution in [0, 0.1) is 0 Å². The molecule has 1 aliphatic rings. The summed E-state index contributed by atoms with van der Waals surface area (Å²) >= 11 is 5.10. The molecule has 0 atom stereocenters. The molecule has 1 aliphatic heterocycles. The smallest absolute Gasteiger partial charge is 0.237 e. The number of halogens is 1. The molecule has 3 nitrogen and oxygen atoms in total. The van der Waals surface area contributed by atoms with Crippen LogP contribution in [0.1, 0.15) is 6.42 Å². The SMILES string of the molecule is O=C(Cl)CNN1C=CCC1. The maximum Gasteiger partial charge on any atom is 0.237 e. The van der Waals surface area contributed by atoms with E-state index in [1.165, 1.54) is 0 Å². The van der Waals surface area contributed by atoms with Gasteiger partial charge in [0.25, 0.3) is 0 Å². The molecule has 0 unspecified atom stereocenters. The minimum atomic E-state index is -0.361. The van der Waals surface area contributed by atoms with Gasteiger partial charge in [0, 0.05) is 12.7 Å². The number of rotatable bonds is 3. The summed E-state index contributed by atoms with van der Waals surface area (Å²) in [7, 11) is 0. The first kappa shape index (κ1) is 7.57. The zero-order chi connectivity index (χ0) is 7.40. The van der Waals surface area contributed by atoms with Crippen molar-refractivity contribution in [2.75, 3.05) is 13.1 Å².